The molecule has 0 bridgehead atoms. The number of thioether (sulfide) groups is 1. The summed E-state index contributed by atoms with van der Waals surface area (Å²) >= 11 is 1.45. The van der Waals surface area contributed by atoms with Crippen LogP contribution in [0.25, 0.3) is 0 Å². The van der Waals surface area contributed by atoms with Gasteiger partial charge in [-0.2, -0.15) is 0 Å². The molecule has 4 nitrogen and oxygen atoms in total. The zero-order chi connectivity index (χ0) is 10.7. The lowest BCUT2D eigenvalue weighted by atomic mass is 10.2. The molecule has 15 heavy (non-hydrogen) atoms. The molecule has 1 aliphatic rings. The lowest BCUT2D eigenvalue weighted by molar-refractivity contribution is 0.0974. The van der Waals surface area contributed by atoms with Crippen molar-refractivity contribution in [2.24, 2.45) is 4.99 Å². The molecule has 1 aromatic heterocycles. The van der Waals surface area contributed by atoms with Crippen LogP contribution >= 0.6 is 11.8 Å². The number of nitrogens with one attached hydrogen (secondary N) is 1. The van der Waals surface area contributed by atoms with Gasteiger partial charge in [-0.1, -0.05) is 11.8 Å². The van der Waals surface area contributed by atoms with Crippen molar-refractivity contribution < 1.29 is 9.18 Å². The van der Waals surface area contributed by atoms with Crippen LogP contribution in [0.5, 0.6) is 0 Å². The summed E-state index contributed by atoms with van der Waals surface area (Å²) in [6, 6.07) is 1.34. The van der Waals surface area contributed by atoms with Crippen LogP contribution in [0.2, 0.25) is 0 Å². The Morgan fingerprint density at radius 2 is 2.47 bits per heavy atom. The number of halogens is 1. The number of carbonyl (C=O) groups excluding carboxylic acids is 1. The molecule has 1 aliphatic heterocycles. The molecule has 2 heterocycles. The number of amides is 1. The second kappa shape index (κ2) is 4.39. The number of carbonyl (C=O) groups is 1. The van der Waals surface area contributed by atoms with Gasteiger partial charge in [-0.3, -0.25) is 14.8 Å². The zero-order valence-electron chi connectivity index (χ0n) is 7.74. The van der Waals surface area contributed by atoms with Gasteiger partial charge in [0.25, 0.3) is 5.91 Å². The molecular formula is C9H8FN3OS. The molecule has 78 valence electrons. The fraction of sp³-hybridized carbons (Fsp3) is 0.222. The van der Waals surface area contributed by atoms with E-state index in [1.165, 1.54) is 24.0 Å². The van der Waals surface area contributed by atoms with Gasteiger partial charge in [0.1, 0.15) is 0 Å². The molecule has 0 atom stereocenters. The summed E-state index contributed by atoms with van der Waals surface area (Å²) in [5.41, 5.74) is -0.0137. The monoisotopic (exact) mass is 225 g/mol. The number of nitrogens with zero attached hydrogens (tertiary/aromatic N) is 2. The number of aromatic nitrogens is 1. The standard InChI is InChI=1S/C9H8FN3OS/c10-7-5-11-2-1-6(7)8(14)13-9-12-3-4-15-9/h1-2,5H,3-4H2,(H,12,13,14). The molecular weight excluding hydrogens is 217 g/mol. The molecule has 1 aromatic rings. The fourth-order valence-corrected chi connectivity index (χ4v) is 1.86. The van der Waals surface area contributed by atoms with E-state index in [2.05, 4.69) is 15.3 Å². The molecule has 0 saturated heterocycles. The predicted molar refractivity (Wildman–Crippen MR) is 56.4 cm³/mol. The molecule has 0 saturated carbocycles. The average molecular weight is 225 g/mol. The van der Waals surface area contributed by atoms with Gasteiger partial charge >= 0.3 is 0 Å². The van der Waals surface area contributed by atoms with E-state index in [9.17, 15) is 9.18 Å². The predicted octanol–water partition coefficient (Wildman–Crippen LogP) is 1.05. The Morgan fingerprint density at radius 3 is 3.13 bits per heavy atom. The van der Waals surface area contributed by atoms with Crippen molar-refractivity contribution in [2.45, 2.75) is 0 Å². The third-order valence-electron chi connectivity index (χ3n) is 1.82. The molecule has 1 N–H and O–H groups in total. The van der Waals surface area contributed by atoms with Gasteiger partial charge < -0.3 is 5.32 Å². The first-order valence-corrected chi connectivity index (χ1v) is 5.34. The maximum Gasteiger partial charge on any atom is 0.260 e. The van der Waals surface area contributed by atoms with Crippen molar-refractivity contribution in [3.63, 3.8) is 0 Å². The van der Waals surface area contributed by atoms with E-state index >= 15 is 0 Å². The molecule has 0 aromatic carbocycles. The normalized spacial score (nSPS) is 14.9. The minimum Gasteiger partial charge on any atom is -0.301 e. The lowest BCUT2D eigenvalue weighted by Crippen LogP contribution is -2.28. The van der Waals surface area contributed by atoms with E-state index in [-0.39, 0.29) is 5.56 Å². The highest BCUT2D eigenvalue weighted by Gasteiger charge is 2.15. The highest BCUT2D eigenvalue weighted by Crippen LogP contribution is 2.10. The molecule has 0 fully saturated rings. The van der Waals surface area contributed by atoms with E-state index in [1.807, 2.05) is 0 Å². The van der Waals surface area contributed by atoms with Crippen LogP contribution in [0.15, 0.2) is 23.5 Å². The van der Waals surface area contributed by atoms with Crippen LogP contribution in [-0.4, -0.2) is 28.4 Å². The number of aliphatic imine (C=N–C) groups is 1. The molecule has 2 rings (SSSR count). The molecule has 0 unspecified atom stereocenters. The van der Waals surface area contributed by atoms with Crippen molar-refractivity contribution >= 4 is 22.8 Å². The summed E-state index contributed by atoms with van der Waals surface area (Å²) in [5.74, 6) is -0.254. The van der Waals surface area contributed by atoms with Crippen LogP contribution in [0.1, 0.15) is 10.4 Å². The van der Waals surface area contributed by atoms with Crippen molar-refractivity contribution in [1.82, 2.24) is 10.3 Å². The van der Waals surface area contributed by atoms with E-state index < -0.39 is 11.7 Å². The molecule has 0 aliphatic carbocycles. The van der Waals surface area contributed by atoms with Crippen molar-refractivity contribution in [1.29, 1.82) is 0 Å². The quantitative estimate of drug-likeness (QED) is 0.777. The van der Waals surface area contributed by atoms with Gasteiger partial charge in [0.15, 0.2) is 11.0 Å². The third kappa shape index (κ3) is 2.33. The Morgan fingerprint density at radius 1 is 1.60 bits per heavy atom. The first-order valence-electron chi connectivity index (χ1n) is 4.35. The van der Waals surface area contributed by atoms with Gasteiger partial charge in [-0.05, 0) is 6.07 Å². The van der Waals surface area contributed by atoms with Gasteiger partial charge in [0, 0.05) is 11.9 Å². The summed E-state index contributed by atoms with van der Waals surface area (Å²) in [6.07, 6.45) is 2.39. The highest BCUT2D eigenvalue weighted by atomic mass is 32.2. The van der Waals surface area contributed by atoms with Crippen LogP contribution in [0.3, 0.4) is 0 Å². The largest absolute Gasteiger partial charge is 0.301 e. The maximum absolute atomic E-state index is 13.1. The minimum absolute atomic E-state index is 0.0137. The summed E-state index contributed by atoms with van der Waals surface area (Å²) in [5, 5.41) is 3.09. The van der Waals surface area contributed by atoms with Gasteiger partial charge in [0.2, 0.25) is 0 Å². The molecule has 0 radical (unpaired) electrons. The number of hydrogen-bond acceptors (Lipinski definition) is 4. The molecule has 0 spiro atoms. The van der Waals surface area contributed by atoms with E-state index in [1.54, 1.807) is 0 Å². The SMILES string of the molecule is O=C(NC1=NCCS1)c1ccncc1F. The average Bonchev–Trinajstić information content (AvgIpc) is 2.71. The second-order valence-corrected chi connectivity index (χ2v) is 3.93. The summed E-state index contributed by atoms with van der Waals surface area (Å²) < 4.78 is 13.1. The summed E-state index contributed by atoms with van der Waals surface area (Å²) in [7, 11) is 0. The number of pyridine rings is 1. The Bertz CT molecular complexity index is 422. The zero-order valence-corrected chi connectivity index (χ0v) is 8.55. The number of rotatable bonds is 1. The van der Waals surface area contributed by atoms with E-state index in [0.29, 0.717) is 11.7 Å². The lowest BCUT2D eigenvalue weighted by Gasteiger charge is -2.03. The van der Waals surface area contributed by atoms with Crippen LogP contribution < -0.4 is 5.32 Å². The fourth-order valence-electron chi connectivity index (χ4n) is 1.13. The smallest absolute Gasteiger partial charge is 0.260 e. The van der Waals surface area contributed by atoms with Gasteiger partial charge in [0.05, 0.1) is 18.3 Å². The third-order valence-corrected chi connectivity index (χ3v) is 2.71. The second-order valence-electron chi connectivity index (χ2n) is 2.84. The topological polar surface area (TPSA) is 54.4 Å². The minimum atomic E-state index is -0.626. The Balaban J connectivity index is 2.11. The summed E-state index contributed by atoms with van der Waals surface area (Å²) in [6.45, 7) is 0.694. The van der Waals surface area contributed by atoms with Crippen molar-refractivity contribution in [3.05, 3.63) is 29.8 Å². The highest BCUT2D eigenvalue weighted by molar-refractivity contribution is 8.14. The first-order chi connectivity index (χ1) is 7.27. The van der Waals surface area contributed by atoms with E-state index in [0.717, 1.165) is 11.9 Å². The van der Waals surface area contributed by atoms with E-state index in [4.69, 9.17) is 0 Å². The van der Waals surface area contributed by atoms with Gasteiger partial charge in [-0.25, -0.2) is 4.39 Å². The van der Waals surface area contributed by atoms with Crippen molar-refractivity contribution in [2.75, 3.05) is 12.3 Å². The van der Waals surface area contributed by atoms with Gasteiger partial charge in [-0.15, -0.1) is 0 Å². The number of hydrogen-bond donors (Lipinski definition) is 1. The summed E-state index contributed by atoms with van der Waals surface area (Å²) in [4.78, 5) is 19.2. The first kappa shape index (κ1) is 10.1. The number of amidine groups is 1. The maximum atomic E-state index is 13.1. The Labute approximate surface area is 90.0 Å². The van der Waals surface area contributed by atoms with Crippen LogP contribution in [0.4, 0.5) is 4.39 Å². The van der Waals surface area contributed by atoms with Crippen LogP contribution in [-0.2, 0) is 0 Å². The Kier molecular flexibility index (Phi) is 2.96. The molecule has 6 heteroatoms. The van der Waals surface area contributed by atoms with Crippen LogP contribution in [0, 0.1) is 5.82 Å². The van der Waals surface area contributed by atoms with Crippen molar-refractivity contribution in [3.8, 4) is 0 Å². The molecule has 1 amide bonds. The Hall–Kier alpha value is -1.43.